The monoisotopic (exact) mass is 210 g/mol. The summed E-state index contributed by atoms with van der Waals surface area (Å²) in [5, 5.41) is 12.6. The average Bonchev–Trinajstić information content (AvgIpc) is 2.94. The SMILES string of the molecule is CN[C@@]1(Cc2ccccn2)SC1CO. The van der Waals surface area contributed by atoms with Gasteiger partial charge in [0.25, 0.3) is 0 Å². The number of likely N-dealkylation sites (N-methyl/N-ethyl adjacent to an activating group) is 1. The highest BCUT2D eigenvalue weighted by Crippen LogP contribution is 2.52. The van der Waals surface area contributed by atoms with Gasteiger partial charge in [-0.3, -0.25) is 4.98 Å². The highest BCUT2D eigenvalue weighted by atomic mass is 32.2. The quantitative estimate of drug-likeness (QED) is 0.716. The Morgan fingerprint density at radius 1 is 1.64 bits per heavy atom. The van der Waals surface area contributed by atoms with Gasteiger partial charge in [0.2, 0.25) is 0 Å². The van der Waals surface area contributed by atoms with Gasteiger partial charge in [-0.25, -0.2) is 0 Å². The van der Waals surface area contributed by atoms with E-state index in [1.165, 1.54) is 0 Å². The maximum Gasteiger partial charge on any atom is 0.0846 e. The zero-order valence-electron chi connectivity index (χ0n) is 8.10. The van der Waals surface area contributed by atoms with E-state index in [9.17, 15) is 0 Å². The van der Waals surface area contributed by atoms with E-state index in [-0.39, 0.29) is 11.5 Å². The molecule has 0 radical (unpaired) electrons. The first-order valence-electron chi connectivity index (χ1n) is 4.68. The molecule has 76 valence electrons. The van der Waals surface area contributed by atoms with Crippen molar-refractivity contribution < 1.29 is 5.11 Å². The van der Waals surface area contributed by atoms with Gasteiger partial charge in [0, 0.05) is 18.3 Å². The second kappa shape index (κ2) is 3.88. The molecule has 1 saturated heterocycles. The summed E-state index contributed by atoms with van der Waals surface area (Å²) in [5.74, 6) is 0. The van der Waals surface area contributed by atoms with Gasteiger partial charge in [-0.15, -0.1) is 11.8 Å². The molecule has 0 amide bonds. The summed E-state index contributed by atoms with van der Waals surface area (Å²) in [4.78, 5) is 4.30. The molecule has 0 aromatic carbocycles. The third-order valence-electron chi connectivity index (χ3n) is 2.57. The van der Waals surface area contributed by atoms with Gasteiger partial charge in [-0.1, -0.05) is 6.07 Å². The fourth-order valence-electron chi connectivity index (χ4n) is 1.64. The standard InChI is InChI=1S/C10H14N2OS/c1-11-10(9(7-13)14-10)6-8-4-2-3-5-12-8/h2-5,9,11,13H,6-7H2,1H3/t9?,10-/m0/s1. The topological polar surface area (TPSA) is 45.2 Å². The lowest BCUT2D eigenvalue weighted by molar-refractivity contribution is 0.285. The van der Waals surface area contributed by atoms with E-state index in [0.717, 1.165) is 12.1 Å². The first-order chi connectivity index (χ1) is 6.80. The van der Waals surface area contributed by atoms with Crippen LogP contribution in [0.2, 0.25) is 0 Å². The van der Waals surface area contributed by atoms with Crippen molar-refractivity contribution in [2.75, 3.05) is 13.7 Å². The molecule has 4 heteroatoms. The first kappa shape index (κ1) is 9.96. The van der Waals surface area contributed by atoms with Crippen LogP contribution in [0.1, 0.15) is 5.69 Å². The summed E-state index contributed by atoms with van der Waals surface area (Å²) in [7, 11) is 1.94. The highest BCUT2D eigenvalue weighted by molar-refractivity contribution is 8.08. The van der Waals surface area contributed by atoms with Crippen molar-refractivity contribution in [2.24, 2.45) is 0 Å². The maximum atomic E-state index is 9.07. The van der Waals surface area contributed by atoms with E-state index < -0.39 is 0 Å². The minimum absolute atomic E-state index is 0.0170. The largest absolute Gasteiger partial charge is 0.395 e. The Labute approximate surface area is 87.9 Å². The lowest BCUT2D eigenvalue weighted by Gasteiger charge is -2.12. The summed E-state index contributed by atoms with van der Waals surface area (Å²) in [5.41, 5.74) is 1.07. The smallest absolute Gasteiger partial charge is 0.0846 e. The summed E-state index contributed by atoms with van der Waals surface area (Å²) in [6.45, 7) is 0.234. The molecule has 2 atom stereocenters. The number of hydrogen-bond donors (Lipinski definition) is 2. The lowest BCUT2D eigenvalue weighted by Crippen LogP contribution is -2.34. The molecule has 2 N–H and O–H groups in total. The molecule has 1 fully saturated rings. The number of thioether (sulfide) groups is 1. The Bertz CT molecular complexity index is 306. The molecule has 1 aliphatic rings. The van der Waals surface area contributed by atoms with Crippen molar-refractivity contribution in [3.05, 3.63) is 30.1 Å². The third-order valence-corrected chi connectivity index (χ3v) is 4.21. The van der Waals surface area contributed by atoms with Gasteiger partial charge in [-0.2, -0.15) is 0 Å². The molecule has 1 aliphatic heterocycles. The zero-order chi connectivity index (χ0) is 10.0. The Morgan fingerprint density at radius 3 is 3.00 bits per heavy atom. The molecule has 3 nitrogen and oxygen atoms in total. The van der Waals surface area contributed by atoms with Crippen molar-refractivity contribution in [3.8, 4) is 0 Å². The van der Waals surface area contributed by atoms with Crippen LogP contribution >= 0.6 is 11.8 Å². The zero-order valence-corrected chi connectivity index (χ0v) is 8.92. The van der Waals surface area contributed by atoms with Crippen LogP contribution in [0.25, 0.3) is 0 Å². The number of aliphatic hydroxyl groups is 1. The van der Waals surface area contributed by atoms with Crippen molar-refractivity contribution in [3.63, 3.8) is 0 Å². The second-order valence-corrected chi connectivity index (χ2v) is 4.96. The fraction of sp³-hybridized carbons (Fsp3) is 0.500. The molecule has 2 heterocycles. The summed E-state index contributed by atoms with van der Waals surface area (Å²) in [6.07, 6.45) is 2.68. The lowest BCUT2D eigenvalue weighted by atomic mass is 10.1. The number of aliphatic hydroxyl groups excluding tert-OH is 1. The van der Waals surface area contributed by atoms with Crippen LogP contribution in [0.4, 0.5) is 0 Å². The number of pyridine rings is 1. The van der Waals surface area contributed by atoms with Crippen molar-refractivity contribution in [1.82, 2.24) is 10.3 Å². The van der Waals surface area contributed by atoms with Gasteiger partial charge < -0.3 is 10.4 Å². The summed E-state index contributed by atoms with van der Waals surface area (Å²) in [6, 6.07) is 5.93. The molecule has 0 spiro atoms. The molecule has 1 unspecified atom stereocenters. The second-order valence-electron chi connectivity index (χ2n) is 3.43. The van der Waals surface area contributed by atoms with Crippen LogP contribution in [0, 0.1) is 0 Å². The van der Waals surface area contributed by atoms with Gasteiger partial charge in [0.05, 0.1) is 16.7 Å². The van der Waals surface area contributed by atoms with Crippen LogP contribution in [0.5, 0.6) is 0 Å². The van der Waals surface area contributed by atoms with Crippen LogP contribution < -0.4 is 5.32 Å². The highest BCUT2D eigenvalue weighted by Gasteiger charge is 2.54. The Balaban J connectivity index is 2.04. The Morgan fingerprint density at radius 2 is 2.50 bits per heavy atom. The van der Waals surface area contributed by atoms with Crippen molar-refractivity contribution in [2.45, 2.75) is 16.5 Å². The van der Waals surface area contributed by atoms with E-state index >= 15 is 0 Å². The first-order valence-corrected chi connectivity index (χ1v) is 5.56. The van der Waals surface area contributed by atoms with E-state index in [2.05, 4.69) is 10.3 Å². The molecule has 1 aromatic heterocycles. The number of aromatic nitrogens is 1. The Hall–Kier alpha value is -0.580. The van der Waals surface area contributed by atoms with Crippen molar-refractivity contribution >= 4 is 11.8 Å². The fourth-order valence-corrected chi connectivity index (χ4v) is 2.78. The minimum atomic E-state index is 0.0170. The van der Waals surface area contributed by atoms with E-state index in [4.69, 9.17) is 5.11 Å². The molecule has 14 heavy (non-hydrogen) atoms. The van der Waals surface area contributed by atoms with Crippen LogP contribution in [-0.2, 0) is 6.42 Å². The number of nitrogens with one attached hydrogen (secondary N) is 1. The number of rotatable bonds is 4. The number of nitrogens with zero attached hydrogens (tertiary/aromatic N) is 1. The summed E-state index contributed by atoms with van der Waals surface area (Å²) >= 11 is 1.78. The van der Waals surface area contributed by atoms with E-state index in [1.54, 1.807) is 18.0 Å². The third kappa shape index (κ3) is 1.78. The van der Waals surface area contributed by atoms with Gasteiger partial charge in [-0.05, 0) is 19.2 Å². The van der Waals surface area contributed by atoms with Crippen LogP contribution in [-0.4, -0.2) is 33.9 Å². The molecular weight excluding hydrogens is 196 g/mol. The van der Waals surface area contributed by atoms with Crippen LogP contribution in [0.15, 0.2) is 24.4 Å². The molecular formula is C10H14N2OS. The average molecular weight is 210 g/mol. The van der Waals surface area contributed by atoms with Gasteiger partial charge >= 0.3 is 0 Å². The number of hydrogen-bond acceptors (Lipinski definition) is 4. The molecule has 1 aromatic rings. The minimum Gasteiger partial charge on any atom is -0.395 e. The normalized spacial score (nSPS) is 30.3. The van der Waals surface area contributed by atoms with Gasteiger partial charge in [0.15, 0.2) is 0 Å². The predicted molar refractivity (Wildman–Crippen MR) is 58.2 cm³/mol. The predicted octanol–water partition coefficient (Wildman–Crippen LogP) is 0.647. The van der Waals surface area contributed by atoms with E-state index in [0.29, 0.717) is 5.25 Å². The maximum absolute atomic E-state index is 9.07. The molecule has 0 saturated carbocycles. The molecule has 0 aliphatic carbocycles. The van der Waals surface area contributed by atoms with Gasteiger partial charge in [0.1, 0.15) is 0 Å². The van der Waals surface area contributed by atoms with E-state index in [1.807, 2.05) is 25.2 Å². The van der Waals surface area contributed by atoms with Crippen LogP contribution in [0.3, 0.4) is 0 Å². The molecule has 0 bridgehead atoms. The van der Waals surface area contributed by atoms with Crippen molar-refractivity contribution in [1.29, 1.82) is 0 Å². The summed E-state index contributed by atoms with van der Waals surface area (Å²) < 4.78 is 0. The Kier molecular flexibility index (Phi) is 2.76. The molecule has 2 rings (SSSR count).